The Bertz CT molecular complexity index is 530. The van der Waals surface area contributed by atoms with Gasteiger partial charge in [-0.3, -0.25) is 0 Å². The van der Waals surface area contributed by atoms with Gasteiger partial charge >= 0.3 is 6.01 Å². The Kier molecular flexibility index (Phi) is 3.98. The molecule has 18 heavy (non-hydrogen) atoms. The number of hydrogen-bond acceptors (Lipinski definition) is 5. The second kappa shape index (κ2) is 5.49. The number of rotatable bonds is 4. The van der Waals surface area contributed by atoms with Crippen LogP contribution in [0.15, 0.2) is 21.0 Å². The lowest BCUT2D eigenvalue weighted by molar-refractivity contribution is 0.493. The van der Waals surface area contributed by atoms with Gasteiger partial charge in [-0.15, -0.1) is 5.10 Å². The van der Waals surface area contributed by atoms with Gasteiger partial charge in [0.25, 0.3) is 0 Å². The standard InChI is InChI=1S/C12H15BrN4O/c1-7-4-8(2)11(9(13)5-7)15-12-17-16-10(18-12)6-14-3/h4-5,14H,6H2,1-3H3,(H,15,17). The number of nitrogens with one attached hydrogen (secondary N) is 2. The van der Waals surface area contributed by atoms with Crippen LogP contribution in [0.1, 0.15) is 17.0 Å². The van der Waals surface area contributed by atoms with Crippen LogP contribution >= 0.6 is 15.9 Å². The maximum absolute atomic E-state index is 5.45. The zero-order chi connectivity index (χ0) is 13.1. The van der Waals surface area contributed by atoms with E-state index in [0.717, 1.165) is 15.7 Å². The Labute approximate surface area is 114 Å². The molecule has 0 aliphatic carbocycles. The summed E-state index contributed by atoms with van der Waals surface area (Å²) in [6, 6.07) is 4.53. The largest absolute Gasteiger partial charge is 0.406 e. The van der Waals surface area contributed by atoms with E-state index in [1.807, 2.05) is 20.0 Å². The Hall–Kier alpha value is -1.40. The van der Waals surface area contributed by atoms with E-state index in [1.165, 1.54) is 5.56 Å². The van der Waals surface area contributed by atoms with Gasteiger partial charge in [-0.1, -0.05) is 11.2 Å². The van der Waals surface area contributed by atoms with E-state index in [4.69, 9.17) is 4.42 Å². The molecular formula is C12H15BrN4O. The van der Waals surface area contributed by atoms with Gasteiger partial charge in [0.15, 0.2) is 0 Å². The fraction of sp³-hybridized carbons (Fsp3) is 0.333. The van der Waals surface area contributed by atoms with Gasteiger partial charge in [0, 0.05) is 4.47 Å². The maximum atomic E-state index is 5.45. The van der Waals surface area contributed by atoms with E-state index in [0.29, 0.717) is 18.5 Å². The van der Waals surface area contributed by atoms with Crippen molar-refractivity contribution in [2.75, 3.05) is 12.4 Å². The quantitative estimate of drug-likeness (QED) is 0.909. The van der Waals surface area contributed by atoms with Crippen LogP contribution in [0.2, 0.25) is 0 Å². The topological polar surface area (TPSA) is 63.0 Å². The van der Waals surface area contributed by atoms with E-state index in [2.05, 4.69) is 49.8 Å². The molecule has 0 radical (unpaired) electrons. The molecule has 6 heteroatoms. The van der Waals surface area contributed by atoms with Gasteiger partial charge in [0.1, 0.15) is 0 Å². The van der Waals surface area contributed by atoms with E-state index in [1.54, 1.807) is 0 Å². The van der Waals surface area contributed by atoms with Crippen molar-refractivity contribution in [3.8, 4) is 0 Å². The SMILES string of the molecule is CNCc1nnc(Nc2c(C)cc(C)cc2Br)o1. The number of benzene rings is 1. The normalized spacial score (nSPS) is 10.7. The van der Waals surface area contributed by atoms with Gasteiger partial charge in [-0.25, -0.2) is 0 Å². The third-order valence-electron chi connectivity index (χ3n) is 2.46. The van der Waals surface area contributed by atoms with Crippen LogP contribution in [-0.4, -0.2) is 17.2 Å². The number of halogens is 1. The van der Waals surface area contributed by atoms with E-state index >= 15 is 0 Å². The molecule has 1 aromatic heterocycles. The van der Waals surface area contributed by atoms with Crippen LogP contribution in [0.3, 0.4) is 0 Å². The summed E-state index contributed by atoms with van der Waals surface area (Å²) in [5.41, 5.74) is 3.27. The number of hydrogen-bond donors (Lipinski definition) is 2. The van der Waals surface area contributed by atoms with Crippen molar-refractivity contribution < 1.29 is 4.42 Å². The van der Waals surface area contributed by atoms with Crippen molar-refractivity contribution in [2.24, 2.45) is 0 Å². The van der Waals surface area contributed by atoms with E-state index in [-0.39, 0.29) is 0 Å². The lowest BCUT2D eigenvalue weighted by Crippen LogP contribution is -2.04. The van der Waals surface area contributed by atoms with Crippen LogP contribution in [0.5, 0.6) is 0 Å². The van der Waals surface area contributed by atoms with Gasteiger partial charge in [-0.05, 0) is 54.0 Å². The van der Waals surface area contributed by atoms with Crippen molar-refractivity contribution in [3.63, 3.8) is 0 Å². The number of anilines is 2. The first-order valence-corrected chi connectivity index (χ1v) is 6.40. The molecule has 0 saturated heterocycles. The highest BCUT2D eigenvalue weighted by molar-refractivity contribution is 9.10. The molecule has 1 heterocycles. The highest BCUT2D eigenvalue weighted by Gasteiger charge is 2.10. The lowest BCUT2D eigenvalue weighted by atomic mass is 10.1. The molecule has 0 saturated carbocycles. The van der Waals surface area contributed by atoms with Gasteiger partial charge < -0.3 is 15.1 Å². The van der Waals surface area contributed by atoms with Crippen molar-refractivity contribution in [3.05, 3.63) is 33.6 Å². The molecule has 0 aliphatic heterocycles. The first kappa shape index (κ1) is 13.0. The molecule has 2 aromatic rings. The molecule has 0 atom stereocenters. The molecule has 96 valence electrons. The van der Waals surface area contributed by atoms with Crippen molar-refractivity contribution in [1.29, 1.82) is 0 Å². The average Bonchev–Trinajstić information content (AvgIpc) is 2.72. The average molecular weight is 311 g/mol. The highest BCUT2D eigenvalue weighted by Crippen LogP contribution is 2.30. The molecule has 0 bridgehead atoms. The lowest BCUT2D eigenvalue weighted by Gasteiger charge is -2.09. The van der Waals surface area contributed by atoms with Gasteiger partial charge in [0.2, 0.25) is 5.89 Å². The summed E-state index contributed by atoms with van der Waals surface area (Å²) < 4.78 is 6.43. The Morgan fingerprint density at radius 1 is 1.28 bits per heavy atom. The molecule has 0 spiro atoms. The van der Waals surface area contributed by atoms with E-state index < -0.39 is 0 Å². The van der Waals surface area contributed by atoms with Crippen molar-refractivity contribution in [2.45, 2.75) is 20.4 Å². The van der Waals surface area contributed by atoms with Crippen LogP contribution in [0.4, 0.5) is 11.7 Å². The van der Waals surface area contributed by atoms with Crippen molar-refractivity contribution in [1.82, 2.24) is 15.5 Å². The summed E-state index contributed by atoms with van der Waals surface area (Å²) in [5.74, 6) is 0.556. The number of nitrogens with zero attached hydrogens (tertiary/aromatic N) is 2. The molecule has 0 fully saturated rings. The summed E-state index contributed by atoms with van der Waals surface area (Å²) >= 11 is 3.53. The third-order valence-corrected chi connectivity index (χ3v) is 3.08. The highest BCUT2D eigenvalue weighted by atomic mass is 79.9. The summed E-state index contributed by atoms with van der Waals surface area (Å²) in [7, 11) is 1.83. The van der Waals surface area contributed by atoms with Gasteiger partial charge in [-0.2, -0.15) is 0 Å². The maximum Gasteiger partial charge on any atom is 0.320 e. The van der Waals surface area contributed by atoms with Crippen LogP contribution in [-0.2, 0) is 6.54 Å². The third kappa shape index (κ3) is 2.88. The molecule has 0 amide bonds. The fourth-order valence-electron chi connectivity index (χ4n) is 1.71. The molecule has 2 N–H and O–H groups in total. The second-order valence-electron chi connectivity index (χ2n) is 4.09. The van der Waals surface area contributed by atoms with E-state index in [9.17, 15) is 0 Å². The summed E-state index contributed by atoms with van der Waals surface area (Å²) in [6.07, 6.45) is 0. The molecular weight excluding hydrogens is 296 g/mol. The fourth-order valence-corrected chi connectivity index (χ4v) is 2.48. The predicted octanol–water partition coefficient (Wildman–Crippen LogP) is 2.91. The Balaban J connectivity index is 2.22. The zero-order valence-electron chi connectivity index (χ0n) is 10.5. The smallest absolute Gasteiger partial charge is 0.320 e. The van der Waals surface area contributed by atoms with Crippen LogP contribution in [0.25, 0.3) is 0 Å². The summed E-state index contributed by atoms with van der Waals surface area (Å²) in [6.45, 7) is 4.65. The molecule has 2 rings (SSSR count). The summed E-state index contributed by atoms with van der Waals surface area (Å²) in [5, 5.41) is 14.0. The monoisotopic (exact) mass is 310 g/mol. The first-order chi connectivity index (χ1) is 8.60. The molecule has 1 aromatic carbocycles. The number of aromatic nitrogens is 2. The molecule has 0 aliphatic rings. The molecule has 0 unspecified atom stereocenters. The van der Waals surface area contributed by atoms with Crippen LogP contribution < -0.4 is 10.6 Å². The molecule has 5 nitrogen and oxygen atoms in total. The minimum atomic E-state index is 0.396. The van der Waals surface area contributed by atoms with Crippen LogP contribution in [0, 0.1) is 13.8 Å². The predicted molar refractivity (Wildman–Crippen MR) is 74.0 cm³/mol. The first-order valence-electron chi connectivity index (χ1n) is 5.61. The zero-order valence-corrected chi connectivity index (χ0v) is 12.1. The van der Waals surface area contributed by atoms with Gasteiger partial charge in [0.05, 0.1) is 12.2 Å². The Morgan fingerprint density at radius 2 is 2.06 bits per heavy atom. The second-order valence-corrected chi connectivity index (χ2v) is 4.95. The minimum Gasteiger partial charge on any atom is -0.406 e. The van der Waals surface area contributed by atoms with Crippen molar-refractivity contribution >= 4 is 27.6 Å². The summed E-state index contributed by atoms with van der Waals surface area (Å²) in [4.78, 5) is 0. The minimum absolute atomic E-state index is 0.396. The Morgan fingerprint density at radius 3 is 2.72 bits per heavy atom. The number of aryl methyl sites for hydroxylation is 2.